The minimum absolute atomic E-state index is 0.592. The number of hydrogen-bond donors (Lipinski definition) is 1. The van der Waals surface area contributed by atoms with E-state index >= 15 is 0 Å². The number of benzene rings is 1. The maximum Gasteiger partial charge on any atom is 0.203 e. The van der Waals surface area contributed by atoms with Gasteiger partial charge >= 0.3 is 0 Å². The highest BCUT2D eigenvalue weighted by Gasteiger charge is 2.21. The average molecular weight is 297 g/mol. The van der Waals surface area contributed by atoms with Crippen LogP contribution >= 0.6 is 11.8 Å². The second-order valence-electron chi connectivity index (χ2n) is 4.99. The van der Waals surface area contributed by atoms with Gasteiger partial charge in [-0.25, -0.2) is 0 Å². The van der Waals surface area contributed by atoms with Crippen molar-refractivity contribution in [2.24, 2.45) is 0 Å². The van der Waals surface area contributed by atoms with Gasteiger partial charge in [0.05, 0.1) is 21.3 Å². The van der Waals surface area contributed by atoms with E-state index in [1.807, 2.05) is 23.9 Å². The normalized spacial score (nSPS) is 21.8. The molecule has 1 aliphatic heterocycles. The van der Waals surface area contributed by atoms with Gasteiger partial charge in [0, 0.05) is 23.6 Å². The highest BCUT2D eigenvalue weighted by molar-refractivity contribution is 8.00. The molecule has 1 aromatic carbocycles. The van der Waals surface area contributed by atoms with Crippen molar-refractivity contribution in [3.05, 3.63) is 17.7 Å². The predicted molar refractivity (Wildman–Crippen MR) is 83.3 cm³/mol. The molecule has 1 fully saturated rings. The van der Waals surface area contributed by atoms with E-state index in [1.54, 1.807) is 21.3 Å². The van der Waals surface area contributed by atoms with Crippen LogP contribution in [0.4, 0.5) is 0 Å². The number of thioether (sulfide) groups is 1. The summed E-state index contributed by atoms with van der Waals surface area (Å²) in [7, 11) is 4.91. The number of ether oxygens (including phenoxy) is 3. The first-order valence-corrected chi connectivity index (χ1v) is 7.86. The smallest absolute Gasteiger partial charge is 0.203 e. The fraction of sp³-hybridized carbons (Fsp3) is 0.600. The monoisotopic (exact) mass is 297 g/mol. The lowest BCUT2D eigenvalue weighted by Gasteiger charge is -2.16. The number of methoxy groups -OCH3 is 3. The first-order valence-electron chi connectivity index (χ1n) is 6.81. The molecule has 0 bridgehead atoms. The van der Waals surface area contributed by atoms with Crippen LogP contribution in [0.3, 0.4) is 0 Å². The zero-order valence-electron chi connectivity index (χ0n) is 12.6. The molecule has 1 N–H and O–H groups in total. The van der Waals surface area contributed by atoms with E-state index in [2.05, 4.69) is 12.2 Å². The minimum Gasteiger partial charge on any atom is -0.493 e. The lowest BCUT2D eigenvalue weighted by molar-refractivity contribution is 0.323. The van der Waals surface area contributed by atoms with Gasteiger partial charge in [0.2, 0.25) is 5.75 Å². The highest BCUT2D eigenvalue weighted by Crippen LogP contribution is 2.38. The van der Waals surface area contributed by atoms with Crippen molar-refractivity contribution < 1.29 is 14.2 Å². The summed E-state index contributed by atoms with van der Waals surface area (Å²) in [5, 5.41) is 4.35. The zero-order chi connectivity index (χ0) is 14.5. The van der Waals surface area contributed by atoms with Gasteiger partial charge < -0.3 is 19.5 Å². The summed E-state index contributed by atoms with van der Waals surface area (Å²) in [5.74, 6) is 3.24. The third kappa shape index (κ3) is 3.52. The third-order valence-electron chi connectivity index (χ3n) is 3.52. The quantitative estimate of drug-likeness (QED) is 0.874. The minimum atomic E-state index is 0.592. The fourth-order valence-electron chi connectivity index (χ4n) is 2.46. The zero-order valence-corrected chi connectivity index (χ0v) is 13.4. The van der Waals surface area contributed by atoms with Crippen LogP contribution in [0.5, 0.6) is 17.2 Å². The van der Waals surface area contributed by atoms with Gasteiger partial charge in [0.15, 0.2) is 11.5 Å². The van der Waals surface area contributed by atoms with Gasteiger partial charge in [0.1, 0.15) is 0 Å². The molecule has 112 valence electrons. The Morgan fingerprint density at radius 1 is 1.15 bits per heavy atom. The van der Waals surface area contributed by atoms with Crippen molar-refractivity contribution in [3.8, 4) is 17.2 Å². The lowest BCUT2D eigenvalue weighted by Crippen LogP contribution is -2.28. The standard InChI is InChI=1S/C15H23NO3S/c1-10-5-12(9-20-10)16-8-11-6-13(17-2)15(19-4)14(7-11)18-3/h6-7,10,12,16H,5,8-9H2,1-4H3. The Hall–Kier alpha value is -1.07. The van der Waals surface area contributed by atoms with E-state index < -0.39 is 0 Å². The van der Waals surface area contributed by atoms with E-state index in [1.165, 1.54) is 12.2 Å². The van der Waals surface area contributed by atoms with Gasteiger partial charge in [-0.2, -0.15) is 11.8 Å². The van der Waals surface area contributed by atoms with Gasteiger partial charge in [-0.15, -0.1) is 0 Å². The van der Waals surface area contributed by atoms with E-state index in [4.69, 9.17) is 14.2 Å². The molecule has 0 radical (unpaired) electrons. The summed E-state index contributed by atoms with van der Waals surface area (Å²) in [5.41, 5.74) is 1.14. The molecule has 1 aliphatic rings. The van der Waals surface area contributed by atoms with E-state index in [0.29, 0.717) is 23.3 Å². The Morgan fingerprint density at radius 3 is 2.25 bits per heavy atom. The van der Waals surface area contributed by atoms with Crippen molar-refractivity contribution in [2.45, 2.75) is 31.2 Å². The van der Waals surface area contributed by atoms with Crippen LogP contribution < -0.4 is 19.5 Å². The molecule has 2 unspecified atom stereocenters. The molecule has 2 atom stereocenters. The SMILES string of the molecule is COc1cc(CNC2CSC(C)C2)cc(OC)c1OC. The second-order valence-corrected chi connectivity index (χ2v) is 6.46. The molecule has 0 saturated carbocycles. The third-order valence-corrected chi connectivity index (χ3v) is 4.87. The van der Waals surface area contributed by atoms with Crippen LogP contribution in [0, 0.1) is 0 Å². The van der Waals surface area contributed by atoms with Crippen LogP contribution in [0.25, 0.3) is 0 Å². The molecule has 4 nitrogen and oxygen atoms in total. The number of nitrogens with one attached hydrogen (secondary N) is 1. The summed E-state index contributed by atoms with van der Waals surface area (Å²) in [4.78, 5) is 0. The first kappa shape index (κ1) is 15.3. The van der Waals surface area contributed by atoms with Crippen LogP contribution in [0.2, 0.25) is 0 Å². The van der Waals surface area contributed by atoms with Gasteiger partial charge in [-0.3, -0.25) is 0 Å². The lowest BCUT2D eigenvalue weighted by atomic mass is 10.1. The Bertz CT molecular complexity index is 428. The first-order chi connectivity index (χ1) is 9.67. The van der Waals surface area contributed by atoms with Gasteiger partial charge in [-0.05, 0) is 24.1 Å². The average Bonchev–Trinajstić information content (AvgIpc) is 2.89. The number of hydrogen-bond acceptors (Lipinski definition) is 5. The maximum absolute atomic E-state index is 5.37. The van der Waals surface area contributed by atoms with Crippen molar-refractivity contribution in [2.75, 3.05) is 27.1 Å². The topological polar surface area (TPSA) is 39.7 Å². The Morgan fingerprint density at radius 2 is 1.80 bits per heavy atom. The fourth-order valence-corrected chi connectivity index (χ4v) is 3.64. The molecule has 0 aromatic heterocycles. The Labute approximate surface area is 125 Å². The summed E-state index contributed by atoms with van der Waals surface area (Å²) in [6, 6.07) is 4.59. The molecule has 5 heteroatoms. The van der Waals surface area contributed by atoms with Crippen LogP contribution in [0.15, 0.2) is 12.1 Å². The van der Waals surface area contributed by atoms with Crippen molar-refractivity contribution in [1.82, 2.24) is 5.32 Å². The van der Waals surface area contributed by atoms with Crippen molar-refractivity contribution >= 4 is 11.8 Å². The second kappa shape index (κ2) is 7.09. The Balaban J connectivity index is 2.07. The molecule has 20 heavy (non-hydrogen) atoms. The van der Waals surface area contributed by atoms with Crippen molar-refractivity contribution in [3.63, 3.8) is 0 Å². The molecule has 0 spiro atoms. The molecule has 1 heterocycles. The maximum atomic E-state index is 5.37. The van der Waals surface area contributed by atoms with E-state index in [9.17, 15) is 0 Å². The van der Waals surface area contributed by atoms with Crippen molar-refractivity contribution in [1.29, 1.82) is 0 Å². The van der Waals surface area contributed by atoms with Gasteiger partial charge in [-0.1, -0.05) is 6.92 Å². The van der Waals surface area contributed by atoms with E-state index in [-0.39, 0.29) is 0 Å². The summed E-state index contributed by atoms with van der Waals surface area (Å²) in [6.07, 6.45) is 1.23. The van der Waals surface area contributed by atoms with E-state index in [0.717, 1.165) is 17.4 Å². The molecule has 1 aromatic rings. The van der Waals surface area contributed by atoms with Crippen LogP contribution in [0.1, 0.15) is 18.9 Å². The Kier molecular flexibility index (Phi) is 5.43. The highest BCUT2D eigenvalue weighted by atomic mass is 32.2. The molecular formula is C15H23NO3S. The molecular weight excluding hydrogens is 274 g/mol. The van der Waals surface area contributed by atoms with Gasteiger partial charge in [0.25, 0.3) is 0 Å². The summed E-state index contributed by atoms with van der Waals surface area (Å²) < 4.78 is 16.1. The number of rotatable bonds is 6. The van der Waals surface area contributed by atoms with Crippen LogP contribution in [-0.4, -0.2) is 38.4 Å². The van der Waals surface area contributed by atoms with Crippen LogP contribution in [-0.2, 0) is 6.54 Å². The molecule has 1 saturated heterocycles. The summed E-state index contributed by atoms with van der Waals surface area (Å²) in [6.45, 7) is 3.10. The molecule has 0 amide bonds. The molecule has 2 rings (SSSR count). The predicted octanol–water partition coefficient (Wildman–Crippen LogP) is 2.70. The molecule has 0 aliphatic carbocycles. The summed E-state index contributed by atoms with van der Waals surface area (Å²) >= 11 is 2.03. The largest absolute Gasteiger partial charge is 0.493 e.